The Labute approximate surface area is 115 Å². The van der Waals surface area contributed by atoms with Crippen molar-refractivity contribution < 1.29 is 0 Å². The van der Waals surface area contributed by atoms with Gasteiger partial charge in [0.05, 0.1) is 0 Å². The summed E-state index contributed by atoms with van der Waals surface area (Å²) in [6, 6.07) is 8.44. The maximum absolute atomic E-state index is 4.54. The summed E-state index contributed by atoms with van der Waals surface area (Å²) in [4.78, 5) is 8.88. The molecular weight excluding hydrogens is 234 g/mol. The SMILES string of the molecule is CCCNc1ccnc(Cc2ccc(C)c(C)c2)n1. The van der Waals surface area contributed by atoms with E-state index >= 15 is 0 Å². The van der Waals surface area contributed by atoms with E-state index in [0.717, 1.165) is 31.0 Å². The first-order valence-corrected chi connectivity index (χ1v) is 6.81. The van der Waals surface area contributed by atoms with Gasteiger partial charge >= 0.3 is 0 Å². The molecule has 3 heteroatoms. The molecule has 0 saturated carbocycles. The minimum atomic E-state index is 0.781. The summed E-state index contributed by atoms with van der Waals surface area (Å²) in [5, 5.41) is 3.29. The van der Waals surface area contributed by atoms with Gasteiger partial charge in [-0.1, -0.05) is 25.1 Å². The van der Waals surface area contributed by atoms with E-state index in [-0.39, 0.29) is 0 Å². The Morgan fingerprint density at radius 3 is 2.68 bits per heavy atom. The number of aromatic nitrogens is 2. The molecule has 2 rings (SSSR count). The van der Waals surface area contributed by atoms with Gasteiger partial charge in [0.25, 0.3) is 0 Å². The Bertz CT molecular complexity index is 549. The van der Waals surface area contributed by atoms with E-state index < -0.39 is 0 Å². The van der Waals surface area contributed by atoms with Crippen molar-refractivity contribution in [2.75, 3.05) is 11.9 Å². The van der Waals surface area contributed by atoms with Gasteiger partial charge in [-0.25, -0.2) is 9.97 Å². The van der Waals surface area contributed by atoms with Crippen LogP contribution in [0, 0.1) is 13.8 Å². The molecule has 0 aliphatic rings. The fourth-order valence-corrected chi connectivity index (χ4v) is 1.93. The van der Waals surface area contributed by atoms with E-state index in [1.165, 1.54) is 16.7 Å². The number of nitrogens with one attached hydrogen (secondary N) is 1. The van der Waals surface area contributed by atoms with Gasteiger partial charge in [0, 0.05) is 19.2 Å². The maximum Gasteiger partial charge on any atom is 0.135 e. The molecule has 0 aliphatic carbocycles. The minimum absolute atomic E-state index is 0.781. The normalized spacial score (nSPS) is 10.5. The lowest BCUT2D eigenvalue weighted by molar-refractivity contribution is 0.931. The fourth-order valence-electron chi connectivity index (χ4n) is 1.93. The third-order valence-electron chi connectivity index (χ3n) is 3.20. The highest BCUT2D eigenvalue weighted by Crippen LogP contribution is 2.13. The summed E-state index contributed by atoms with van der Waals surface area (Å²) in [5.41, 5.74) is 3.90. The molecule has 0 bridgehead atoms. The van der Waals surface area contributed by atoms with E-state index in [2.05, 4.69) is 54.3 Å². The number of benzene rings is 1. The fraction of sp³-hybridized carbons (Fsp3) is 0.375. The van der Waals surface area contributed by atoms with Gasteiger partial charge < -0.3 is 5.32 Å². The van der Waals surface area contributed by atoms with Crippen LogP contribution in [0.25, 0.3) is 0 Å². The van der Waals surface area contributed by atoms with Gasteiger partial charge in [-0.05, 0) is 43.0 Å². The average Bonchev–Trinajstić information content (AvgIpc) is 2.41. The third kappa shape index (κ3) is 3.78. The van der Waals surface area contributed by atoms with Gasteiger partial charge in [0.1, 0.15) is 11.6 Å². The highest BCUT2D eigenvalue weighted by atomic mass is 15.0. The van der Waals surface area contributed by atoms with E-state index in [9.17, 15) is 0 Å². The van der Waals surface area contributed by atoms with Crippen molar-refractivity contribution in [2.24, 2.45) is 0 Å². The Balaban J connectivity index is 2.11. The van der Waals surface area contributed by atoms with E-state index in [1.54, 1.807) is 0 Å². The van der Waals surface area contributed by atoms with Crippen LogP contribution < -0.4 is 5.32 Å². The zero-order valence-corrected chi connectivity index (χ0v) is 11.9. The molecule has 0 amide bonds. The zero-order valence-electron chi connectivity index (χ0n) is 11.9. The van der Waals surface area contributed by atoms with Crippen LogP contribution in [0.1, 0.15) is 35.9 Å². The van der Waals surface area contributed by atoms with Crippen LogP contribution in [0.4, 0.5) is 5.82 Å². The van der Waals surface area contributed by atoms with Crippen molar-refractivity contribution in [3.05, 3.63) is 53.0 Å². The van der Waals surface area contributed by atoms with E-state index in [4.69, 9.17) is 0 Å². The molecule has 1 aromatic carbocycles. The molecule has 1 N–H and O–H groups in total. The maximum atomic E-state index is 4.54. The van der Waals surface area contributed by atoms with Gasteiger partial charge in [-0.3, -0.25) is 0 Å². The number of aryl methyl sites for hydroxylation is 2. The first-order valence-electron chi connectivity index (χ1n) is 6.81. The number of rotatable bonds is 5. The lowest BCUT2D eigenvalue weighted by atomic mass is 10.0. The molecular formula is C16H21N3. The van der Waals surface area contributed by atoms with Crippen molar-refractivity contribution >= 4 is 5.82 Å². The van der Waals surface area contributed by atoms with Crippen molar-refractivity contribution in [3.63, 3.8) is 0 Å². The van der Waals surface area contributed by atoms with Crippen LogP contribution in [-0.4, -0.2) is 16.5 Å². The van der Waals surface area contributed by atoms with E-state index in [1.807, 2.05) is 12.3 Å². The molecule has 1 heterocycles. The Morgan fingerprint density at radius 1 is 1.11 bits per heavy atom. The molecule has 0 atom stereocenters. The first-order chi connectivity index (χ1) is 9.19. The Morgan fingerprint density at radius 2 is 1.95 bits per heavy atom. The predicted octanol–water partition coefficient (Wildman–Crippen LogP) is 3.51. The van der Waals surface area contributed by atoms with Crippen molar-refractivity contribution in [3.8, 4) is 0 Å². The topological polar surface area (TPSA) is 37.8 Å². The summed E-state index contributed by atoms with van der Waals surface area (Å²) < 4.78 is 0. The minimum Gasteiger partial charge on any atom is -0.370 e. The van der Waals surface area contributed by atoms with E-state index in [0.29, 0.717) is 0 Å². The van der Waals surface area contributed by atoms with Crippen molar-refractivity contribution in [1.82, 2.24) is 9.97 Å². The number of hydrogen-bond donors (Lipinski definition) is 1. The average molecular weight is 255 g/mol. The smallest absolute Gasteiger partial charge is 0.135 e. The van der Waals surface area contributed by atoms with Crippen LogP contribution in [0.3, 0.4) is 0 Å². The molecule has 100 valence electrons. The molecule has 3 nitrogen and oxygen atoms in total. The summed E-state index contributed by atoms with van der Waals surface area (Å²) in [7, 11) is 0. The van der Waals surface area contributed by atoms with Crippen molar-refractivity contribution in [2.45, 2.75) is 33.6 Å². The number of anilines is 1. The van der Waals surface area contributed by atoms with Crippen LogP contribution in [0.15, 0.2) is 30.5 Å². The van der Waals surface area contributed by atoms with Gasteiger partial charge in [0.15, 0.2) is 0 Å². The van der Waals surface area contributed by atoms with Crippen LogP contribution in [-0.2, 0) is 6.42 Å². The van der Waals surface area contributed by atoms with Crippen molar-refractivity contribution in [1.29, 1.82) is 0 Å². The lowest BCUT2D eigenvalue weighted by Gasteiger charge is -2.07. The summed E-state index contributed by atoms with van der Waals surface area (Å²) in [6.07, 6.45) is 3.70. The zero-order chi connectivity index (χ0) is 13.7. The lowest BCUT2D eigenvalue weighted by Crippen LogP contribution is -2.05. The number of nitrogens with zero attached hydrogens (tertiary/aromatic N) is 2. The molecule has 19 heavy (non-hydrogen) atoms. The van der Waals surface area contributed by atoms with Gasteiger partial charge in [-0.2, -0.15) is 0 Å². The number of hydrogen-bond acceptors (Lipinski definition) is 3. The van der Waals surface area contributed by atoms with Crippen LogP contribution in [0.2, 0.25) is 0 Å². The monoisotopic (exact) mass is 255 g/mol. The second kappa shape index (κ2) is 6.32. The standard InChI is InChI=1S/C16H21N3/c1-4-8-17-15-7-9-18-16(19-15)11-14-6-5-12(2)13(3)10-14/h5-7,9-10H,4,8,11H2,1-3H3,(H,17,18,19). The molecule has 0 fully saturated rings. The molecule has 2 aromatic rings. The third-order valence-corrected chi connectivity index (χ3v) is 3.20. The quantitative estimate of drug-likeness (QED) is 0.888. The van der Waals surface area contributed by atoms with Crippen LogP contribution in [0.5, 0.6) is 0 Å². The second-order valence-electron chi connectivity index (χ2n) is 4.88. The molecule has 0 spiro atoms. The van der Waals surface area contributed by atoms with Gasteiger partial charge in [0.2, 0.25) is 0 Å². The first kappa shape index (κ1) is 13.5. The summed E-state index contributed by atoms with van der Waals surface area (Å²) >= 11 is 0. The molecule has 0 aliphatic heterocycles. The Kier molecular flexibility index (Phi) is 4.50. The Hall–Kier alpha value is -1.90. The highest BCUT2D eigenvalue weighted by molar-refractivity contribution is 5.35. The summed E-state index contributed by atoms with van der Waals surface area (Å²) in [5.74, 6) is 1.78. The summed E-state index contributed by atoms with van der Waals surface area (Å²) in [6.45, 7) is 7.36. The predicted molar refractivity (Wildman–Crippen MR) is 79.5 cm³/mol. The molecule has 0 saturated heterocycles. The molecule has 0 radical (unpaired) electrons. The van der Waals surface area contributed by atoms with Crippen LogP contribution >= 0.6 is 0 Å². The molecule has 1 aromatic heterocycles. The highest BCUT2D eigenvalue weighted by Gasteiger charge is 2.02. The largest absolute Gasteiger partial charge is 0.370 e. The second-order valence-corrected chi connectivity index (χ2v) is 4.88. The van der Waals surface area contributed by atoms with Gasteiger partial charge in [-0.15, -0.1) is 0 Å². The molecule has 0 unspecified atom stereocenters.